The maximum Gasteiger partial charge on any atom is 0.216 e. The third-order valence-electron chi connectivity index (χ3n) is 2.47. The fraction of sp³-hybridized carbons (Fsp3) is 0.333. The van der Waals surface area contributed by atoms with Crippen LogP contribution in [0.25, 0.3) is 0 Å². The van der Waals surface area contributed by atoms with Crippen molar-refractivity contribution >= 4 is 10.0 Å². The van der Waals surface area contributed by atoms with E-state index in [1.54, 1.807) is 0 Å². The third kappa shape index (κ3) is 1.47. The van der Waals surface area contributed by atoms with Gasteiger partial charge in [0.25, 0.3) is 0 Å². The van der Waals surface area contributed by atoms with Gasteiger partial charge in [-0.2, -0.15) is 0 Å². The monoisotopic (exact) mass is 197 g/mol. The van der Waals surface area contributed by atoms with E-state index in [1.807, 2.05) is 24.3 Å². The van der Waals surface area contributed by atoms with Crippen molar-refractivity contribution < 1.29 is 8.42 Å². The fourth-order valence-electron chi connectivity index (χ4n) is 1.86. The van der Waals surface area contributed by atoms with Crippen molar-refractivity contribution in [1.29, 1.82) is 0 Å². The normalized spacial score (nSPS) is 21.5. The average molecular weight is 197 g/mol. The lowest BCUT2D eigenvalue weighted by Gasteiger charge is -2.07. The average Bonchev–Trinajstić information content (AvgIpc) is 2.45. The van der Waals surface area contributed by atoms with E-state index < -0.39 is 15.3 Å². The highest BCUT2D eigenvalue weighted by atomic mass is 32.2. The molecule has 0 unspecified atom stereocenters. The number of nitrogens with two attached hydrogens (primary N) is 1. The highest BCUT2D eigenvalue weighted by Crippen LogP contribution is 2.35. The predicted octanol–water partition coefficient (Wildman–Crippen LogP) is 0.962. The fourth-order valence-corrected chi connectivity index (χ4v) is 2.89. The van der Waals surface area contributed by atoms with Crippen LogP contribution in [-0.2, 0) is 16.4 Å². The topological polar surface area (TPSA) is 60.2 Å². The van der Waals surface area contributed by atoms with Crippen LogP contribution in [0.1, 0.15) is 22.8 Å². The minimum Gasteiger partial charge on any atom is -0.228 e. The second kappa shape index (κ2) is 2.82. The molecule has 2 N–H and O–H groups in total. The molecule has 1 aromatic carbocycles. The Morgan fingerprint density at radius 1 is 1.31 bits per heavy atom. The number of hydrogen-bond acceptors (Lipinski definition) is 2. The number of primary sulfonamides is 1. The molecule has 0 fully saturated rings. The summed E-state index contributed by atoms with van der Waals surface area (Å²) in [4.78, 5) is 0. The van der Waals surface area contributed by atoms with Gasteiger partial charge in [0.1, 0.15) is 5.25 Å². The van der Waals surface area contributed by atoms with Crippen molar-refractivity contribution in [3.05, 3.63) is 35.4 Å². The summed E-state index contributed by atoms with van der Waals surface area (Å²) in [5.41, 5.74) is 1.99. The van der Waals surface area contributed by atoms with Gasteiger partial charge < -0.3 is 0 Å². The summed E-state index contributed by atoms with van der Waals surface area (Å²) in [6.07, 6.45) is 1.44. The number of benzene rings is 1. The second-order valence-corrected chi connectivity index (χ2v) is 5.06. The molecule has 1 aromatic rings. The molecule has 1 aliphatic rings. The van der Waals surface area contributed by atoms with Crippen LogP contribution in [0.2, 0.25) is 0 Å². The summed E-state index contributed by atoms with van der Waals surface area (Å²) in [7, 11) is -3.42. The smallest absolute Gasteiger partial charge is 0.216 e. The molecule has 0 spiro atoms. The van der Waals surface area contributed by atoms with E-state index in [-0.39, 0.29) is 0 Å². The quantitative estimate of drug-likeness (QED) is 0.729. The molecule has 0 aromatic heterocycles. The number of rotatable bonds is 1. The Morgan fingerprint density at radius 3 is 2.69 bits per heavy atom. The van der Waals surface area contributed by atoms with Crippen molar-refractivity contribution in [2.75, 3.05) is 0 Å². The summed E-state index contributed by atoms with van der Waals surface area (Å²) in [6, 6.07) is 7.57. The lowest BCUT2D eigenvalue weighted by molar-refractivity contribution is 0.582. The zero-order chi connectivity index (χ0) is 9.47. The maximum absolute atomic E-state index is 11.2. The second-order valence-electron chi connectivity index (χ2n) is 3.32. The number of aryl methyl sites for hydroxylation is 1. The predicted molar refractivity (Wildman–Crippen MR) is 50.6 cm³/mol. The minimum atomic E-state index is -3.42. The number of fused-ring (bicyclic) bond motifs is 1. The van der Waals surface area contributed by atoms with Gasteiger partial charge in [0, 0.05) is 0 Å². The molecule has 1 atom stereocenters. The van der Waals surface area contributed by atoms with E-state index in [9.17, 15) is 8.42 Å². The molecule has 1 aliphatic carbocycles. The SMILES string of the molecule is NS(=O)(=O)[C@H]1CCc2ccccc21. The molecule has 4 heteroatoms. The zero-order valence-electron chi connectivity index (χ0n) is 7.10. The van der Waals surface area contributed by atoms with Gasteiger partial charge in [0.15, 0.2) is 0 Å². The van der Waals surface area contributed by atoms with Crippen molar-refractivity contribution in [2.24, 2.45) is 5.14 Å². The molecule has 70 valence electrons. The molecular weight excluding hydrogens is 186 g/mol. The van der Waals surface area contributed by atoms with Gasteiger partial charge in [-0.05, 0) is 24.0 Å². The van der Waals surface area contributed by atoms with E-state index in [2.05, 4.69) is 0 Å². The molecule has 13 heavy (non-hydrogen) atoms. The van der Waals surface area contributed by atoms with Crippen LogP contribution >= 0.6 is 0 Å². The van der Waals surface area contributed by atoms with Crippen molar-refractivity contribution in [2.45, 2.75) is 18.1 Å². The minimum absolute atomic E-state index is 0.483. The molecule has 0 saturated heterocycles. The molecule has 0 radical (unpaired) electrons. The van der Waals surface area contributed by atoms with Crippen molar-refractivity contribution in [1.82, 2.24) is 0 Å². The van der Waals surface area contributed by atoms with Crippen LogP contribution < -0.4 is 5.14 Å². The van der Waals surface area contributed by atoms with E-state index >= 15 is 0 Å². The lowest BCUT2D eigenvalue weighted by Crippen LogP contribution is -2.19. The van der Waals surface area contributed by atoms with E-state index in [4.69, 9.17) is 5.14 Å². The first-order chi connectivity index (χ1) is 6.09. The summed E-state index contributed by atoms with van der Waals surface area (Å²) in [5.74, 6) is 0. The Labute approximate surface area is 77.6 Å². The summed E-state index contributed by atoms with van der Waals surface area (Å²) < 4.78 is 22.3. The van der Waals surface area contributed by atoms with Crippen LogP contribution in [0.3, 0.4) is 0 Å². The van der Waals surface area contributed by atoms with Crippen LogP contribution in [0.15, 0.2) is 24.3 Å². The highest BCUT2D eigenvalue weighted by Gasteiger charge is 2.30. The molecular formula is C9H11NO2S. The number of sulfonamides is 1. The molecule has 0 saturated carbocycles. The Bertz CT molecular complexity index is 425. The molecule has 0 aliphatic heterocycles. The molecule has 0 amide bonds. The van der Waals surface area contributed by atoms with Gasteiger partial charge in [0.05, 0.1) is 0 Å². The Kier molecular flexibility index (Phi) is 1.89. The zero-order valence-corrected chi connectivity index (χ0v) is 7.92. The van der Waals surface area contributed by atoms with Gasteiger partial charge in [-0.15, -0.1) is 0 Å². The van der Waals surface area contributed by atoms with Crippen LogP contribution in [0.4, 0.5) is 0 Å². The molecule has 3 nitrogen and oxygen atoms in total. The van der Waals surface area contributed by atoms with Crippen LogP contribution in [0, 0.1) is 0 Å². The van der Waals surface area contributed by atoms with Crippen molar-refractivity contribution in [3.8, 4) is 0 Å². The van der Waals surface area contributed by atoms with Crippen molar-refractivity contribution in [3.63, 3.8) is 0 Å². The Morgan fingerprint density at radius 2 is 2.00 bits per heavy atom. The van der Waals surface area contributed by atoms with Gasteiger partial charge in [-0.1, -0.05) is 24.3 Å². The van der Waals surface area contributed by atoms with E-state index in [0.29, 0.717) is 6.42 Å². The molecule has 0 heterocycles. The largest absolute Gasteiger partial charge is 0.228 e. The molecule has 0 bridgehead atoms. The standard InChI is InChI=1S/C9H11NO2S/c10-13(11,12)9-6-5-7-3-1-2-4-8(7)9/h1-4,9H,5-6H2,(H2,10,11,12)/t9-/m0/s1. The van der Waals surface area contributed by atoms with Crippen LogP contribution in [-0.4, -0.2) is 8.42 Å². The van der Waals surface area contributed by atoms with Gasteiger partial charge in [-0.3, -0.25) is 0 Å². The van der Waals surface area contributed by atoms with E-state index in [1.165, 1.54) is 0 Å². The highest BCUT2D eigenvalue weighted by molar-refractivity contribution is 7.89. The summed E-state index contributed by atoms with van der Waals surface area (Å²) >= 11 is 0. The van der Waals surface area contributed by atoms with E-state index in [0.717, 1.165) is 17.5 Å². The Hall–Kier alpha value is -0.870. The summed E-state index contributed by atoms with van der Waals surface area (Å²) in [5, 5.41) is 4.65. The first-order valence-electron chi connectivity index (χ1n) is 4.18. The van der Waals surface area contributed by atoms with Crippen LogP contribution in [0.5, 0.6) is 0 Å². The van der Waals surface area contributed by atoms with Gasteiger partial charge >= 0.3 is 0 Å². The number of hydrogen-bond donors (Lipinski definition) is 1. The summed E-state index contributed by atoms with van der Waals surface area (Å²) in [6.45, 7) is 0. The third-order valence-corrected chi connectivity index (χ3v) is 3.76. The molecule has 2 rings (SSSR count). The first-order valence-corrected chi connectivity index (χ1v) is 5.79. The first kappa shape index (κ1) is 8.72. The Balaban J connectivity index is 2.51. The van der Waals surface area contributed by atoms with Gasteiger partial charge in [-0.25, -0.2) is 13.6 Å². The van der Waals surface area contributed by atoms with Gasteiger partial charge in [0.2, 0.25) is 10.0 Å². The maximum atomic E-state index is 11.2. The lowest BCUT2D eigenvalue weighted by atomic mass is 10.1.